The van der Waals surface area contributed by atoms with E-state index in [0.717, 1.165) is 18.7 Å². The Morgan fingerprint density at radius 3 is 2.26 bits per heavy atom. The molecule has 1 N–H and O–H groups in total. The molecule has 0 bridgehead atoms. The zero-order chi connectivity index (χ0) is 21.5. The molecular weight excluding hydrogens is 443 g/mol. The number of carbonyl (C=O) groups is 1. The molecule has 1 aliphatic heterocycles. The predicted molar refractivity (Wildman–Crippen MR) is 122 cm³/mol. The molecule has 0 aromatic heterocycles. The molecular formula is C22H28Cl2N2O5. The van der Waals surface area contributed by atoms with E-state index in [2.05, 4.69) is 10.2 Å². The van der Waals surface area contributed by atoms with Crippen LogP contribution in [0.5, 0.6) is 17.2 Å². The summed E-state index contributed by atoms with van der Waals surface area (Å²) >= 11 is 6.47. The van der Waals surface area contributed by atoms with Crippen molar-refractivity contribution in [2.45, 2.75) is 6.04 Å². The minimum Gasteiger partial charge on any atom is -0.493 e. The highest BCUT2D eigenvalue weighted by Crippen LogP contribution is 2.38. The van der Waals surface area contributed by atoms with Crippen molar-refractivity contribution in [1.82, 2.24) is 10.2 Å². The first-order valence-corrected chi connectivity index (χ1v) is 10.1. The van der Waals surface area contributed by atoms with E-state index in [1.165, 1.54) is 21.3 Å². The van der Waals surface area contributed by atoms with Gasteiger partial charge in [-0.05, 0) is 23.8 Å². The number of nitrogens with zero attached hydrogens (tertiary/aromatic N) is 1. The molecule has 1 saturated heterocycles. The monoisotopic (exact) mass is 470 g/mol. The van der Waals surface area contributed by atoms with Crippen LogP contribution in [0.1, 0.15) is 22.0 Å². The smallest absolute Gasteiger partial charge is 0.251 e. The number of carbonyl (C=O) groups excluding carboxylic acids is 1. The van der Waals surface area contributed by atoms with Crippen molar-refractivity contribution in [1.29, 1.82) is 0 Å². The molecule has 1 amide bonds. The van der Waals surface area contributed by atoms with Crippen LogP contribution in [0, 0.1) is 0 Å². The van der Waals surface area contributed by atoms with E-state index in [1.54, 1.807) is 12.1 Å². The van der Waals surface area contributed by atoms with Crippen LogP contribution in [-0.4, -0.2) is 65.0 Å². The molecule has 0 spiro atoms. The van der Waals surface area contributed by atoms with Gasteiger partial charge in [-0.1, -0.05) is 29.8 Å². The highest BCUT2D eigenvalue weighted by Gasteiger charge is 2.25. The van der Waals surface area contributed by atoms with E-state index in [9.17, 15) is 4.79 Å². The molecule has 2 aromatic carbocycles. The quantitative estimate of drug-likeness (QED) is 0.635. The van der Waals surface area contributed by atoms with E-state index in [4.69, 9.17) is 30.5 Å². The van der Waals surface area contributed by atoms with Crippen molar-refractivity contribution in [2.24, 2.45) is 0 Å². The van der Waals surface area contributed by atoms with Gasteiger partial charge in [0, 0.05) is 30.2 Å². The molecule has 1 heterocycles. The van der Waals surface area contributed by atoms with E-state index in [1.807, 2.05) is 24.3 Å². The predicted octanol–water partition coefficient (Wildman–Crippen LogP) is 3.59. The van der Waals surface area contributed by atoms with Gasteiger partial charge in [0.1, 0.15) is 0 Å². The fourth-order valence-corrected chi connectivity index (χ4v) is 3.84. The number of morpholine rings is 1. The number of methoxy groups -OCH3 is 3. The van der Waals surface area contributed by atoms with Crippen molar-refractivity contribution in [2.75, 3.05) is 54.2 Å². The number of rotatable bonds is 8. The number of halogens is 2. The Morgan fingerprint density at radius 2 is 1.71 bits per heavy atom. The Labute approximate surface area is 194 Å². The zero-order valence-corrected chi connectivity index (χ0v) is 19.4. The third-order valence-corrected chi connectivity index (χ3v) is 5.48. The molecule has 0 radical (unpaired) electrons. The number of amides is 1. The largest absolute Gasteiger partial charge is 0.493 e. The summed E-state index contributed by atoms with van der Waals surface area (Å²) in [4.78, 5) is 15.2. The molecule has 2 aromatic rings. The first kappa shape index (κ1) is 25.1. The first-order valence-electron chi connectivity index (χ1n) is 9.73. The summed E-state index contributed by atoms with van der Waals surface area (Å²) in [5, 5.41) is 3.71. The van der Waals surface area contributed by atoms with Gasteiger partial charge in [0.05, 0.1) is 40.6 Å². The van der Waals surface area contributed by atoms with Crippen LogP contribution in [0.2, 0.25) is 5.02 Å². The van der Waals surface area contributed by atoms with Crippen molar-refractivity contribution < 1.29 is 23.7 Å². The van der Waals surface area contributed by atoms with Crippen LogP contribution in [-0.2, 0) is 4.74 Å². The molecule has 0 aliphatic carbocycles. The van der Waals surface area contributed by atoms with E-state index >= 15 is 0 Å². The fraction of sp³-hybridized carbons (Fsp3) is 0.409. The molecule has 7 nitrogen and oxygen atoms in total. The summed E-state index contributed by atoms with van der Waals surface area (Å²) in [6.45, 7) is 3.26. The Morgan fingerprint density at radius 1 is 1.10 bits per heavy atom. The molecule has 1 unspecified atom stereocenters. The summed E-state index contributed by atoms with van der Waals surface area (Å²) in [5.41, 5.74) is 1.40. The van der Waals surface area contributed by atoms with Gasteiger partial charge in [-0.25, -0.2) is 0 Å². The molecule has 1 aliphatic rings. The van der Waals surface area contributed by atoms with Gasteiger partial charge < -0.3 is 24.3 Å². The lowest BCUT2D eigenvalue weighted by molar-refractivity contribution is 0.0162. The maximum atomic E-state index is 12.9. The van der Waals surface area contributed by atoms with E-state index in [0.29, 0.717) is 47.6 Å². The number of benzene rings is 2. The van der Waals surface area contributed by atoms with Crippen molar-refractivity contribution in [3.8, 4) is 17.2 Å². The average molecular weight is 471 g/mol. The Hall–Kier alpha value is -2.19. The van der Waals surface area contributed by atoms with E-state index in [-0.39, 0.29) is 24.4 Å². The highest BCUT2D eigenvalue weighted by molar-refractivity contribution is 6.31. The summed E-state index contributed by atoms with van der Waals surface area (Å²) in [7, 11) is 4.56. The maximum absolute atomic E-state index is 12.9. The zero-order valence-electron chi connectivity index (χ0n) is 17.9. The fourth-order valence-electron chi connectivity index (χ4n) is 3.57. The minimum atomic E-state index is -0.237. The second kappa shape index (κ2) is 12.0. The van der Waals surface area contributed by atoms with Gasteiger partial charge >= 0.3 is 0 Å². The Bertz CT molecular complexity index is 850. The highest BCUT2D eigenvalue weighted by atomic mass is 35.5. The lowest BCUT2D eigenvalue weighted by atomic mass is 10.0. The maximum Gasteiger partial charge on any atom is 0.251 e. The van der Waals surface area contributed by atoms with Crippen LogP contribution in [0.4, 0.5) is 0 Å². The van der Waals surface area contributed by atoms with Crippen molar-refractivity contribution in [3.63, 3.8) is 0 Å². The Kier molecular flexibility index (Phi) is 9.71. The molecule has 170 valence electrons. The van der Waals surface area contributed by atoms with Gasteiger partial charge in [0.15, 0.2) is 11.5 Å². The SMILES string of the molecule is COc1cc(C(=O)NCC(c2ccccc2Cl)N2CCOCC2)cc(OC)c1OC.Cl. The second-order valence-electron chi connectivity index (χ2n) is 6.81. The summed E-state index contributed by atoms with van der Waals surface area (Å²) in [6, 6.07) is 10.9. The van der Waals surface area contributed by atoms with Gasteiger partial charge in [-0.2, -0.15) is 0 Å². The van der Waals surface area contributed by atoms with E-state index < -0.39 is 0 Å². The van der Waals surface area contributed by atoms with Crippen LogP contribution in [0.3, 0.4) is 0 Å². The molecule has 0 saturated carbocycles. The van der Waals surface area contributed by atoms with Crippen molar-refractivity contribution in [3.05, 3.63) is 52.5 Å². The normalized spacial score (nSPS) is 14.8. The van der Waals surface area contributed by atoms with Gasteiger partial charge in [0.2, 0.25) is 5.75 Å². The first-order chi connectivity index (χ1) is 14.6. The molecule has 31 heavy (non-hydrogen) atoms. The number of hydrogen-bond donors (Lipinski definition) is 1. The molecule has 9 heteroatoms. The minimum absolute atomic E-state index is 0. The molecule has 1 fully saturated rings. The average Bonchev–Trinajstić information content (AvgIpc) is 2.79. The van der Waals surface area contributed by atoms with Gasteiger partial charge in [0.25, 0.3) is 5.91 Å². The lowest BCUT2D eigenvalue weighted by Crippen LogP contribution is -2.44. The summed E-state index contributed by atoms with van der Waals surface area (Å²) in [5.74, 6) is 1.06. The third-order valence-electron chi connectivity index (χ3n) is 5.13. The van der Waals surface area contributed by atoms with Crippen molar-refractivity contribution >= 4 is 29.9 Å². The molecule has 3 rings (SSSR count). The summed E-state index contributed by atoms with van der Waals surface area (Å²) < 4.78 is 21.5. The number of ether oxygens (including phenoxy) is 4. The molecule has 1 atom stereocenters. The number of nitrogens with one attached hydrogen (secondary N) is 1. The Balaban J connectivity index is 0.00000341. The standard InChI is InChI=1S/C22H27ClN2O5.ClH/c1-27-19-12-15(13-20(28-2)21(19)29-3)22(26)24-14-18(25-8-10-30-11-9-25)16-6-4-5-7-17(16)23;/h4-7,12-13,18H,8-11,14H2,1-3H3,(H,24,26);1H. The number of hydrogen-bond acceptors (Lipinski definition) is 6. The van der Waals surface area contributed by atoms with Gasteiger partial charge in [-0.15, -0.1) is 12.4 Å². The van der Waals surface area contributed by atoms with Gasteiger partial charge in [-0.3, -0.25) is 9.69 Å². The van der Waals surface area contributed by atoms with Crippen LogP contribution >= 0.6 is 24.0 Å². The lowest BCUT2D eigenvalue weighted by Gasteiger charge is -2.35. The summed E-state index contributed by atoms with van der Waals surface area (Å²) in [6.07, 6.45) is 0. The topological polar surface area (TPSA) is 69.3 Å². The third kappa shape index (κ3) is 5.95. The van der Waals surface area contributed by atoms with Crippen LogP contribution in [0.15, 0.2) is 36.4 Å². The van der Waals surface area contributed by atoms with Crippen LogP contribution in [0.25, 0.3) is 0 Å². The van der Waals surface area contributed by atoms with Crippen LogP contribution < -0.4 is 19.5 Å². The second-order valence-corrected chi connectivity index (χ2v) is 7.22.